The highest BCUT2D eigenvalue weighted by molar-refractivity contribution is 5.98. The predicted molar refractivity (Wildman–Crippen MR) is 86.9 cm³/mol. The van der Waals surface area contributed by atoms with Gasteiger partial charge in [-0.05, 0) is 38.1 Å². The number of esters is 2. The third kappa shape index (κ3) is 3.92. The highest BCUT2D eigenvalue weighted by Crippen LogP contribution is 2.27. The van der Waals surface area contributed by atoms with Crippen LogP contribution in [-0.2, 0) is 20.7 Å². The minimum absolute atomic E-state index is 0.0782. The van der Waals surface area contributed by atoms with E-state index in [0.717, 1.165) is 0 Å². The summed E-state index contributed by atoms with van der Waals surface area (Å²) in [5, 5.41) is 6.93. The van der Waals surface area contributed by atoms with Crippen molar-refractivity contribution in [2.24, 2.45) is 0 Å². The van der Waals surface area contributed by atoms with Crippen molar-refractivity contribution >= 4 is 11.9 Å². The van der Waals surface area contributed by atoms with E-state index < -0.39 is 11.9 Å². The van der Waals surface area contributed by atoms with Crippen molar-refractivity contribution in [3.63, 3.8) is 0 Å². The number of methoxy groups -OCH3 is 1. The van der Waals surface area contributed by atoms with Gasteiger partial charge in [0.2, 0.25) is 0 Å². The molecule has 0 aliphatic rings. The summed E-state index contributed by atoms with van der Waals surface area (Å²) in [6, 6.07) is 7.10. The van der Waals surface area contributed by atoms with Crippen LogP contribution in [0.25, 0.3) is 11.3 Å². The van der Waals surface area contributed by atoms with Crippen molar-refractivity contribution in [2.45, 2.75) is 20.3 Å². The van der Waals surface area contributed by atoms with E-state index in [0.29, 0.717) is 22.7 Å². The number of nitrogens with one attached hydrogen (secondary N) is 1. The first kappa shape index (κ1) is 17.5. The molecule has 0 saturated heterocycles. The van der Waals surface area contributed by atoms with Crippen molar-refractivity contribution in [3.8, 4) is 17.0 Å². The lowest BCUT2D eigenvalue weighted by atomic mass is 10.0. The Kier molecular flexibility index (Phi) is 5.95. The number of benzene rings is 1. The Balaban J connectivity index is 2.40. The minimum atomic E-state index is -0.531. The van der Waals surface area contributed by atoms with Gasteiger partial charge in [0.1, 0.15) is 17.0 Å². The van der Waals surface area contributed by atoms with Crippen LogP contribution in [-0.4, -0.2) is 42.5 Å². The Morgan fingerprint density at radius 1 is 1.08 bits per heavy atom. The fourth-order valence-electron chi connectivity index (χ4n) is 2.24. The number of aromatic nitrogens is 2. The summed E-state index contributed by atoms with van der Waals surface area (Å²) in [7, 11) is 1.57. The van der Waals surface area contributed by atoms with E-state index in [-0.39, 0.29) is 25.2 Å². The number of aromatic amines is 1. The summed E-state index contributed by atoms with van der Waals surface area (Å²) < 4.78 is 15.2. The first-order valence-corrected chi connectivity index (χ1v) is 7.65. The van der Waals surface area contributed by atoms with Crippen molar-refractivity contribution < 1.29 is 23.8 Å². The number of carbonyl (C=O) groups is 2. The average Bonchev–Trinajstić information content (AvgIpc) is 2.99. The maximum absolute atomic E-state index is 12.3. The van der Waals surface area contributed by atoms with Crippen molar-refractivity contribution in [1.29, 1.82) is 0 Å². The largest absolute Gasteiger partial charge is 0.497 e. The Hall–Kier alpha value is -2.83. The molecule has 1 heterocycles. The Labute approximate surface area is 139 Å². The van der Waals surface area contributed by atoms with Crippen LogP contribution in [0.3, 0.4) is 0 Å². The molecule has 1 N–H and O–H groups in total. The molecule has 2 rings (SSSR count). The molecule has 0 aliphatic carbocycles. The van der Waals surface area contributed by atoms with Crippen LogP contribution < -0.4 is 4.74 Å². The maximum atomic E-state index is 12.3. The number of nitrogens with zero attached hydrogens (tertiary/aromatic N) is 1. The van der Waals surface area contributed by atoms with Gasteiger partial charge in [-0.15, -0.1) is 0 Å². The van der Waals surface area contributed by atoms with Crippen LogP contribution >= 0.6 is 0 Å². The Morgan fingerprint density at radius 2 is 1.75 bits per heavy atom. The molecule has 0 bridgehead atoms. The van der Waals surface area contributed by atoms with Gasteiger partial charge in [-0.25, -0.2) is 4.79 Å². The van der Waals surface area contributed by atoms with E-state index >= 15 is 0 Å². The molecule has 0 atom stereocenters. The van der Waals surface area contributed by atoms with Gasteiger partial charge >= 0.3 is 11.9 Å². The van der Waals surface area contributed by atoms with Crippen LogP contribution in [0.15, 0.2) is 24.3 Å². The molecule has 0 spiro atoms. The zero-order chi connectivity index (χ0) is 17.5. The molecule has 1 aromatic carbocycles. The summed E-state index contributed by atoms with van der Waals surface area (Å²) in [5.74, 6) is -0.275. The Bertz CT molecular complexity index is 706. The molecule has 7 heteroatoms. The van der Waals surface area contributed by atoms with Crippen molar-refractivity contribution in [3.05, 3.63) is 35.5 Å². The molecule has 0 unspecified atom stereocenters. The van der Waals surface area contributed by atoms with Gasteiger partial charge in [0.25, 0.3) is 0 Å². The lowest BCUT2D eigenvalue weighted by molar-refractivity contribution is -0.142. The normalized spacial score (nSPS) is 10.3. The highest BCUT2D eigenvalue weighted by Gasteiger charge is 2.24. The molecular weight excluding hydrogens is 312 g/mol. The SMILES string of the molecule is CCOC(=O)Cc1[nH]nc(-c2ccc(OC)cc2)c1C(=O)OCC. The van der Waals surface area contributed by atoms with Crippen LogP contribution in [0.4, 0.5) is 0 Å². The third-order valence-corrected chi connectivity index (χ3v) is 3.31. The van der Waals surface area contributed by atoms with Gasteiger partial charge in [0.15, 0.2) is 0 Å². The summed E-state index contributed by atoms with van der Waals surface area (Å²) >= 11 is 0. The quantitative estimate of drug-likeness (QED) is 0.783. The maximum Gasteiger partial charge on any atom is 0.342 e. The summed E-state index contributed by atoms with van der Waals surface area (Å²) in [6.45, 7) is 3.94. The van der Waals surface area contributed by atoms with E-state index in [1.165, 1.54) is 0 Å². The monoisotopic (exact) mass is 332 g/mol. The van der Waals surface area contributed by atoms with Gasteiger partial charge in [-0.2, -0.15) is 5.10 Å². The van der Waals surface area contributed by atoms with Crippen LogP contribution in [0.2, 0.25) is 0 Å². The van der Waals surface area contributed by atoms with Crippen molar-refractivity contribution in [1.82, 2.24) is 10.2 Å². The lowest BCUT2D eigenvalue weighted by Crippen LogP contribution is -2.13. The summed E-state index contributed by atoms with van der Waals surface area (Å²) in [4.78, 5) is 24.1. The highest BCUT2D eigenvalue weighted by atomic mass is 16.5. The van der Waals surface area contributed by atoms with Gasteiger partial charge in [-0.1, -0.05) is 0 Å². The molecule has 24 heavy (non-hydrogen) atoms. The first-order chi connectivity index (χ1) is 11.6. The molecule has 128 valence electrons. The molecule has 0 amide bonds. The van der Waals surface area contributed by atoms with Gasteiger partial charge in [-0.3, -0.25) is 9.89 Å². The molecule has 1 aromatic heterocycles. The number of H-pyrrole nitrogens is 1. The molecule has 0 radical (unpaired) electrons. The fourth-order valence-corrected chi connectivity index (χ4v) is 2.24. The van der Waals surface area contributed by atoms with Gasteiger partial charge in [0, 0.05) is 5.56 Å². The second-order valence-electron chi connectivity index (χ2n) is 4.86. The standard InChI is InChI=1S/C17H20N2O5/c1-4-23-14(20)10-13-15(17(21)24-5-2)16(19-18-13)11-6-8-12(22-3)9-7-11/h6-9H,4-5,10H2,1-3H3,(H,18,19). The number of rotatable bonds is 7. The number of ether oxygens (including phenoxy) is 3. The molecule has 0 fully saturated rings. The van der Waals surface area contributed by atoms with E-state index in [4.69, 9.17) is 14.2 Å². The molecule has 0 aliphatic heterocycles. The third-order valence-electron chi connectivity index (χ3n) is 3.31. The second kappa shape index (κ2) is 8.14. The smallest absolute Gasteiger partial charge is 0.342 e. The van der Waals surface area contributed by atoms with E-state index in [2.05, 4.69) is 10.2 Å². The number of carbonyl (C=O) groups excluding carboxylic acids is 2. The van der Waals surface area contributed by atoms with Crippen molar-refractivity contribution in [2.75, 3.05) is 20.3 Å². The first-order valence-electron chi connectivity index (χ1n) is 7.65. The van der Waals surface area contributed by atoms with Gasteiger partial charge in [0.05, 0.1) is 32.4 Å². The number of hydrogen-bond acceptors (Lipinski definition) is 6. The second-order valence-corrected chi connectivity index (χ2v) is 4.86. The van der Waals surface area contributed by atoms with E-state index in [9.17, 15) is 9.59 Å². The molecule has 7 nitrogen and oxygen atoms in total. The molecular formula is C17H20N2O5. The number of hydrogen-bond donors (Lipinski definition) is 1. The fraction of sp³-hybridized carbons (Fsp3) is 0.353. The van der Waals surface area contributed by atoms with E-state index in [1.54, 1.807) is 45.2 Å². The predicted octanol–water partition coefficient (Wildman–Crippen LogP) is 2.37. The topological polar surface area (TPSA) is 90.5 Å². The average molecular weight is 332 g/mol. The zero-order valence-electron chi connectivity index (χ0n) is 13.9. The zero-order valence-corrected chi connectivity index (χ0v) is 13.9. The van der Waals surface area contributed by atoms with Gasteiger partial charge < -0.3 is 14.2 Å². The van der Waals surface area contributed by atoms with Crippen LogP contribution in [0, 0.1) is 0 Å². The lowest BCUT2D eigenvalue weighted by Gasteiger charge is -2.06. The molecule has 2 aromatic rings. The molecule has 0 saturated carbocycles. The van der Waals surface area contributed by atoms with E-state index in [1.807, 2.05) is 0 Å². The summed E-state index contributed by atoms with van der Waals surface area (Å²) in [6.07, 6.45) is -0.0782. The van der Waals surface area contributed by atoms with Crippen LogP contribution in [0.5, 0.6) is 5.75 Å². The Morgan fingerprint density at radius 3 is 2.33 bits per heavy atom. The minimum Gasteiger partial charge on any atom is -0.497 e. The summed E-state index contributed by atoms with van der Waals surface area (Å²) in [5.41, 5.74) is 1.76. The van der Waals surface area contributed by atoms with Crippen LogP contribution in [0.1, 0.15) is 29.9 Å².